The molecule has 0 unspecified atom stereocenters. The van der Waals surface area contributed by atoms with Crippen molar-refractivity contribution in [2.45, 2.75) is 31.2 Å². The van der Waals surface area contributed by atoms with E-state index in [1.165, 1.54) is 39.5 Å². The monoisotopic (exact) mass is 542 g/mol. The second-order valence-corrected chi connectivity index (χ2v) is 12.0. The summed E-state index contributed by atoms with van der Waals surface area (Å²) in [6.45, 7) is 3.14. The first-order valence-corrected chi connectivity index (χ1v) is 14.0. The van der Waals surface area contributed by atoms with Crippen LogP contribution in [0.3, 0.4) is 0 Å². The summed E-state index contributed by atoms with van der Waals surface area (Å²) in [4.78, 5) is 23.5. The molecule has 5 rings (SSSR count). The molecule has 7 nitrogen and oxygen atoms in total. The lowest BCUT2D eigenvalue weighted by molar-refractivity contribution is 0.0985. The summed E-state index contributed by atoms with van der Waals surface area (Å²) in [6.07, 6.45) is 4.83. The van der Waals surface area contributed by atoms with E-state index >= 15 is 0 Å². The molecule has 0 bridgehead atoms. The van der Waals surface area contributed by atoms with Crippen LogP contribution in [0.4, 0.5) is 13.9 Å². The Morgan fingerprint density at radius 3 is 2.54 bits per heavy atom. The lowest BCUT2D eigenvalue weighted by Crippen LogP contribution is -2.37. The highest BCUT2D eigenvalue weighted by molar-refractivity contribution is 7.89. The van der Waals surface area contributed by atoms with Crippen molar-refractivity contribution >= 4 is 42.6 Å². The molecule has 2 aromatic heterocycles. The van der Waals surface area contributed by atoms with Crippen molar-refractivity contribution in [2.24, 2.45) is 5.92 Å². The number of halogens is 2. The first kappa shape index (κ1) is 25.4. The number of carbonyl (C=O) groups excluding carboxylic acids is 1. The van der Waals surface area contributed by atoms with Crippen LogP contribution in [0.1, 0.15) is 35.7 Å². The Morgan fingerprint density at radius 1 is 1.14 bits per heavy atom. The molecule has 1 fully saturated rings. The van der Waals surface area contributed by atoms with Crippen molar-refractivity contribution in [1.29, 1.82) is 0 Å². The number of hydrogen-bond donors (Lipinski definition) is 0. The molecule has 0 spiro atoms. The number of sulfonamides is 1. The van der Waals surface area contributed by atoms with E-state index in [9.17, 15) is 22.0 Å². The number of amides is 1. The minimum atomic E-state index is -3.66. The number of hydrogen-bond acceptors (Lipinski definition) is 6. The fourth-order valence-corrected chi connectivity index (χ4v) is 6.73. The Kier molecular flexibility index (Phi) is 7.02. The van der Waals surface area contributed by atoms with Crippen molar-refractivity contribution in [3.05, 3.63) is 83.7 Å². The van der Waals surface area contributed by atoms with Crippen LogP contribution in [0, 0.1) is 17.6 Å². The highest BCUT2D eigenvalue weighted by Crippen LogP contribution is 2.33. The molecule has 192 valence electrons. The van der Waals surface area contributed by atoms with Gasteiger partial charge in [-0.2, -0.15) is 4.31 Å². The Labute approximate surface area is 217 Å². The molecule has 0 saturated carbocycles. The summed E-state index contributed by atoms with van der Waals surface area (Å²) >= 11 is 0.993. The predicted octanol–water partition coefficient (Wildman–Crippen LogP) is 5.24. The standard InChI is InChI=1S/C26H24F2N4O3S2/c1-17-8-11-31(12-9-17)37(34,35)21-6-4-19(5-7-21)25(33)32(16-18-3-2-10-29-15-18)26-30-24-22(28)13-20(27)14-23(24)36-26/h2-7,10,13-15,17H,8-9,11-12,16H2,1H3. The van der Waals surface area contributed by atoms with Gasteiger partial charge in [-0.05, 0) is 60.7 Å². The maximum atomic E-state index is 14.3. The van der Waals surface area contributed by atoms with Crippen molar-refractivity contribution in [3.8, 4) is 0 Å². The van der Waals surface area contributed by atoms with Crippen LogP contribution < -0.4 is 4.90 Å². The van der Waals surface area contributed by atoms with E-state index in [0.717, 1.165) is 30.2 Å². The van der Waals surface area contributed by atoms with Crippen LogP contribution in [0.5, 0.6) is 0 Å². The normalized spacial score (nSPS) is 15.2. The third kappa shape index (κ3) is 5.25. The largest absolute Gasteiger partial charge is 0.279 e. The topological polar surface area (TPSA) is 83.5 Å². The van der Waals surface area contributed by atoms with E-state index in [1.54, 1.807) is 24.5 Å². The smallest absolute Gasteiger partial charge is 0.260 e. The number of benzene rings is 2. The van der Waals surface area contributed by atoms with Crippen LogP contribution >= 0.6 is 11.3 Å². The van der Waals surface area contributed by atoms with Gasteiger partial charge in [0.05, 0.1) is 16.1 Å². The average molecular weight is 543 g/mol. The summed E-state index contributed by atoms with van der Waals surface area (Å²) in [7, 11) is -3.66. The Balaban J connectivity index is 1.47. The van der Waals surface area contributed by atoms with Crippen LogP contribution in [0.2, 0.25) is 0 Å². The summed E-state index contributed by atoms with van der Waals surface area (Å²) in [5, 5.41) is 0.187. The number of aromatic nitrogens is 2. The molecule has 1 aliphatic heterocycles. The number of anilines is 1. The van der Waals surface area contributed by atoms with E-state index in [1.807, 2.05) is 0 Å². The summed E-state index contributed by atoms with van der Waals surface area (Å²) < 4.78 is 56.0. The maximum absolute atomic E-state index is 14.3. The van der Waals surface area contributed by atoms with Crippen molar-refractivity contribution < 1.29 is 22.0 Å². The fourth-order valence-electron chi connectivity index (χ4n) is 4.26. The van der Waals surface area contributed by atoms with E-state index in [0.29, 0.717) is 24.6 Å². The van der Waals surface area contributed by atoms with Gasteiger partial charge in [0, 0.05) is 37.1 Å². The predicted molar refractivity (Wildman–Crippen MR) is 138 cm³/mol. The van der Waals surface area contributed by atoms with Gasteiger partial charge in [-0.15, -0.1) is 0 Å². The molecule has 1 aliphatic rings. The SMILES string of the molecule is CC1CCN(S(=O)(=O)c2ccc(C(=O)N(Cc3cccnc3)c3nc4c(F)cc(F)cc4s3)cc2)CC1. The molecule has 0 N–H and O–H groups in total. The highest BCUT2D eigenvalue weighted by atomic mass is 32.2. The van der Waals surface area contributed by atoms with E-state index in [2.05, 4.69) is 16.9 Å². The molecule has 4 aromatic rings. The molecular formula is C26H24F2N4O3S2. The number of nitrogens with zero attached hydrogens (tertiary/aromatic N) is 4. The zero-order valence-corrected chi connectivity index (χ0v) is 21.6. The molecule has 0 radical (unpaired) electrons. The molecule has 0 atom stereocenters. The van der Waals surface area contributed by atoms with Gasteiger partial charge in [-0.3, -0.25) is 14.7 Å². The zero-order chi connectivity index (χ0) is 26.2. The quantitative estimate of drug-likeness (QED) is 0.333. The number of carbonyl (C=O) groups is 1. The van der Waals surface area contributed by atoms with Gasteiger partial charge >= 0.3 is 0 Å². The van der Waals surface area contributed by atoms with Gasteiger partial charge in [0.15, 0.2) is 10.9 Å². The van der Waals surface area contributed by atoms with E-state index in [4.69, 9.17) is 0 Å². The summed E-state index contributed by atoms with van der Waals surface area (Å²) in [5.74, 6) is -1.51. The minimum Gasteiger partial charge on any atom is -0.279 e. The second kappa shape index (κ2) is 10.2. The van der Waals surface area contributed by atoms with E-state index in [-0.39, 0.29) is 32.4 Å². The average Bonchev–Trinajstić information content (AvgIpc) is 3.32. The van der Waals surface area contributed by atoms with E-state index < -0.39 is 27.6 Å². The molecule has 11 heteroatoms. The molecule has 0 aliphatic carbocycles. The first-order chi connectivity index (χ1) is 17.7. The molecule has 37 heavy (non-hydrogen) atoms. The van der Waals surface area contributed by atoms with Gasteiger partial charge in [-0.25, -0.2) is 22.2 Å². The van der Waals surface area contributed by atoms with Gasteiger partial charge in [-0.1, -0.05) is 24.3 Å². The van der Waals surface area contributed by atoms with Gasteiger partial charge < -0.3 is 0 Å². The zero-order valence-electron chi connectivity index (χ0n) is 20.0. The Bertz CT molecular complexity index is 1540. The van der Waals surface area contributed by atoms with Crippen LogP contribution in [-0.2, 0) is 16.6 Å². The van der Waals surface area contributed by atoms with Crippen LogP contribution in [0.25, 0.3) is 10.2 Å². The third-order valence-corrected chi connectivity index (χ3v) is 9.36. The van der Waals surface area contributed by atoms with Crippen molar-refractivity contribution in [1.82, 2.24) is 14.3 Å². The Morgan fingerprint density at radius 2 is 1.86 bits per heavy atom. The van der Waals surface area contributed by atoms with Gasteiger partial charge in [0.25, 0.3) is 5.91 Å². The number of piperidine rings is 1. The number of fused-ring (bicyclic) bond motifs is 1. The number of pyridine rings is 1. The number of thiazole rings is 1. The summed E-state index contributed by atoms with van der Waals surface area (Å²) in [6, 6.07) is 11.2. The molecule has 3 heterocycles. The minimum absolute atomic E-state index is 0.0253. The molecule has 1 amide bonds. The van der Waals surface area contributed by atoms with Crippen LogP contribution in [0.15, 0.2) is 65.8 Å². The lowest BCUT2D eigenvalue weighted by Gasteiger charge is -2.29. The fraction of sp³-hybridized carbons (Fsp3) is 0.269. The first-order valence-electron chi connectivity index (χ1n) is 11.8. The third-order valence-electron chi connectivity index (χ3n) is 6.42. The maximum Gasteiger partial charge on any atom is 0.260 e. The molecular weight excluding hydrogens is 518 g/mol. The lowest BCUT2D eigenvalue weighted by atomic mass is 10.0. The molecule has 2 aromatic carbocycles. The van der Waals surface area contributed by atoms with Crippen molar-refractivity contribution in [2.75, 3.05) is 18.0 Å². The second-order valence-electron chi connectivity index (χ2n) is 9.09. The van der Waals surface area contributed by atoms with Gasteiger partial charge in [0.1, 0.15) is 11.3 Å². The van der Waals surface area contributed by atoms with Crippen LogP contribution in [-0.4, -0.2) is 41.7 Å². The van der Waals surface area contributed by atoms with Gasteiger partial charge in [0.2, 0.25) is 10.0 Å². The molecule has 1 saturated heterocycles. The van der Waals surface area contributed by atoms with Crippen molar-refractivity contribution in [3.63, 3.8) is 0 Å². The number of rotatable bonds is 6. The highest BCUT2D eigenvalue weighted by Gasteiger charge is 2.29. The Hall–Kier alpha value is -3.28. The summed E-state index contributed by atoms with van der Waals surface area (Å²) in [5.41, 5.74) is 0.920.